The van der Waals surface area contributed by atoms with E-state index in [4.69, 9.17) is 0 Å². The van der Waals surface area contributed by atoms with E-state index in [1.807, 2.05) is 12.3 Å². The molecule has 7 heteroatoms. The summed E-state index contributed by atoms with van der Waals surface area (Å²) in [5, 5.41) is 3.42. The molecule has 2 rings (SSSR count). The van der Waals surface area contributed by atoms with E-state index in [0.717, 1.165) is 24.3 Å². The van der Waals surface area contributed by atoms with Crippen molar-refractivity contribution in [1.82, 2.24) is 10.0 Å². The number of sulfonamides is 1. The number of rotatable bonds is 5. The molecular formula is C15H25ClN2O2S2. The molecule has 1 aromatic carbocycles. The molecule has 4 nitrogen and oxygen atoms in total. The minimum Gasteiger partial charge on any atom is -0.312 e. The van der Waals surface area contributed by atoms with Gasteiger partial charge in [0.1, 0.15) is 0 Å². The van der Waals surface area contributed by atoms with Crippen LogP contribution in [0.1, 0.15) is 26.7 Å². The van der Waals surface area contributed by atoms with Crippen LogP contribution in [0.25, 0.3) is 0 Å². The number of nitrogens with one attached hydrogen (secondary N) is 2. The van der Waals surface area contributed by atoms with Crippen molar-refractivity contribution in [3.63, 3.8) is 0 Å². The zero-order valence-corrected chi connectivity index (χ0v) is 15.7. The molecule has 1 atom stereocenters. The van der Waals surface area contributed by atoms with Gasteiger partial charge in [-0.1, -0.05) is 19.9 Å². The molecule has 0 saturated carbocycles. The van der Waals surface area contributed by atoms with E-state index >= 15 is 0 Å². The van der Waals surface area contributed by atoms with Crippen LogP contribution in [0.3, 0.4) is 0 Å². The van der Waals surface area contributed by atoms with Crippen LogP contribution in [0.4, 0.5) is 0 Å². The number of hydrogen-bond donors (Lipinski definition) is 2. The van der Waals surface area contributed by atoms with Crippen LogP contribution in [0.5, 0.6) is 0 Å². The van der Waals surface area contributed by atoms with E-state index in [2.05, 4.69) is 23.9 Å². The average Bonchev–Trinajstić information content (AvgIpc) is 2.46. The summed E-state index contributed by atoms with van der Waals surface area (Å²) in [7, 11) is -3.45. The second-order valence-corrected chi connectivity index (χ2v) is 8.78. The largest absolute Gasteiger partial charge is 0.312 e. The van der Waals surface area contributed by atoms with E-state index in [0.29, 0.717) is 11.4 Å². The van der Waals surface area contributed by atoms with Crippen LogP contribution < -0.4 is 10.0 Å². The Morgan fingerprint density at radius 3 is 2.77 bits per heavy atom. The van der Waals surface area contributed by atoms with Crippen molar-refractivity contribution in [1.29, 1.82) is 0 Å². The van der Waals surface area contributed by atoms with Crippen LogP contribution in [-0.4, -0.2) is 33.8 Å². The highest BCUT2D eigenvalue weighted by Crippen LogP contribution is 2.30. The van der Waals surface area contributed by atoms with Crippen LogP contribution in [-0.2, 0) is 10.0 Å². The molecule has 0 bridgehead atoms. The van der Waals surface area contributed by atoms with Gasteiger partial charge in [0.2, 0.25) is 10.0 Å². The van der Waals surface area contributed by atoms with Gasteiger partial charge in [0.25, 0.3) is 0 Å². The quantitative estimate of drug-likeness (QED) is 0.789. The molecule has 1 fully saturated rings. The molecule has 1 saturated heterocycles. The first-order valence-corrected chi connectivity index (χ1v) is 9.93. The summed E-state index contributed by atoms with van der Waals surface area (Å²) in [6.07, 6.45) is 4.20. The Kier molecular flexibility index (Phi) is 7.20. The van der Waals surface area contributed by atoms with Gasteiger partial charge in [0, 0.05) is 17.5 Å². The molecule has 1 aliphatic heterocycles. The zero-order valence-electron chi connectivity index (χ0n) is 13.3. The molecule has 126 valence electrons. The summed E-state index contributed by atoms with van der Waals surface area (Å²) in [5.41, 5.74) is 0.113. The third kappa shape index (κ3) is 4.86. The minimum atomic E-state index is -3.45. The summed E-state index contributed by atoms with van der Waals surface area (Å²) in [6.45, 7) is 5.76. The van der Waals surface area contributed by atoms with Crippen molar-refractivity contribution in [2.24, 2.45) is 5.41 Å². The predicted molar refractivity (Wildman–Crippen MR) is 95.5 cm³/mol. The highest BCUT2D eigenvalue weighted by molar-refractivity contribution is 7.98. The maximum absolute atomic E-state index is 12.4. The average molecular weight is 365 g/mol. The van der Waals surface area contributed by atoms with E-state index in [1.54, 1.807) is 30.0 Å². The van der Waals surface area contributed by atoms with Crippen molar-refractivity contribution in [2.75, 3.05) is 19.3 Å². The number of halogens is 1. The molecular weight excluding hydrogens is 340 g/mol. The molecule has 0 amide bonds. The molecule has 1 unspecified atom stereocenters. The maximum Gasteiger partial charge on any atom is 0.240 e. The fraction of sp³-hybridized carbons (Fsp3) is 0.600. The molecule has 0 spiro atoms. The smallest absolute Gasteiger partial charge is 0.240 e. The summed E-state index contributed by atoms with van der Waals surface area (Å²) >= 11 is 1.54. The van der Waals surface area contributed by atoms with Gasteiger partial charge in [0.05, 0.1) is 4.90 Å². The summed E-state index contributed by atoms with van der Waals surface area (Å²) in [4.78, 5) is 1.29. The molecule has 1 aliphatic rings. The normalized spacial score (nSPS) is 21.1. The summed E-state index contributed by atoms with van der Waals surface area (Å²) in [6, 6.07) is 7.22. The lowest BCUT2D eigenvalue weighted by Crippen LogP contribution is -2.52. The third-order valence-corrected chi connectivity index (χ3v) is 6.31. The van der Waals surface area contributed by atoms with Crippen molar-refractivity contribution in [2.45, 2.75) is 42.5 Å². The number of hydrogen-bond acceptors (Lipinski definition) is 4. The van der Waals surface area contributed by atoms with Gasteiger partial charge >= 0.3 is 0 Å². The SMILES string of the molecule is CSc1cccc(S(=O)(=O)NCC2NCCCC2(C)C)c1.Cl. The molecule has 0 aliphatic carbocycles. The van der Waals surface area contributed by atoms with E-state index in [-0.39, 0.29) is 23.9 Å². The minimum absolute atomic E-state index is 0. The molecule has 1 heterocycles. The topological polar surface area (TPSA) is 58.2 Å². The number of thioether (sulfide) groups is 1. The fourth-order valence-corrected chi connectivity index (χ4v) is 4.29. The Labute approximate surface area is 144 Å². The number of benzene rings is 1. The van der Waals surface area contributed by atoms with E-state index < -0.39 is 10.0 Å². The Morgan fingerprint density at radius 1 is 1.41 bits per heavy atom. The van der Waals surface area contributed by atoms with Crippen LogP contribution in [0.15, 0.2) is 34.1 Å². The Bertz CT molecular complexity index is 591. The highest BCUT2D eigenvalue weighted by Gasteiger charge is 2.32. The lowest BCUT2D eigenvalue weighted by atomic mass is 9.78. The van der Waals surface area contributed by atoms with Crippen LogP contribution in [0.2, 0.25) is 0 Å². The van der Waals surface area contributed by atoms with Crippen LogP contribution in [0, 0.1) is 5.41 Å². The van der Waals surface area contributed by atoms with E-state index in [1.165, 1.54) is 0 Å². The molecule has 1 aromatic rings. The molecule has 0 aromatic heterocycles. The molecule has 2 N–H and O–H groups in total. The van der Waals surface area contributed by atoms with Gasteiger partial charge in [-0.15, -0.1) is 24.2 Å². The predicted octanol–water partition coefficient (Wildman–Crippen LogP) is 2.89. The monoisotopic (exact) mass is 364 g/mol. The van der Waals surface area contributed by atoms with Gasteiger partial charge in [-0.05, 0) is 49.3 Å². The van der Waals surface area contributed by atoms with Crippen molar-refractivity contribution >= 4 is 34.2 Å². The van der Waals surface area contributed by atoms with Crippen molar-refractivity contribution in [3.05, 3.63) is 24.3 Å². The van der Waals surface area contributed by atoms with Gasteiger partial charge in [-0.3, -0.25) is 0 Å². The van der Waals surface area contributed by atoms with Crippen molar-refractivity contribution < 1.29 is 8.42 Å². The van der Waals surface area contributed by atoms with Crippen molar-refractivity contribution in [3.8, 4) is 0 Å². The standard InChI is InChI=1S/C15H24N2O2S2.ClH/c1-15(2)8-5-9-16-14(15)11-17-21(18,19)13-7-4-6-12(10-13)20-3;/h4,6-7,10,14,16-17H,5,8-9,11H2,1-3H3;1H. The molecule has 0 radical (unpaired) electrons. The van der Waals surface area contributed by atoms with Gasteiger partial charge < -0.3 is 5.32 Å². The lowest BCUT2D eigenvalue weighted by molar-refractivity contribution is 0.181. The Balaban J connectivity index is 0.00000242. The van der Waals surface area contributed by atoms with Gasteiger partial charge in [-0.2, -0.15) is 0 Å². The molecule has 22 heavy (non-hydrogen) atoms. The summed E-state index contributed by atoms with van der Waals surface area (Å²) < 4.78 is 27.6. The number of piperidine rings is 1. The first kappa shape index (κ1) is 19.8. The third-order valence-electron chi connectivity index (χ3n) is 4.16. The Morgan fingerprint density at radius 2 is 2.14 bits per heavy atom. The highest BCUT2D eigenvalue weighted by atomic mass is 35.5. The second kappa shape index (κ2) is 8.02. The Hall–Kier alpha value is -0.270. The lowest BCUT2D eigenvalue weighted by Gasteiger charge is -2.39. The maximum atomic E-state index is 12.4. The van der Waals surface area contributed by atoms with E-state index in [9.17, 15) is 8.42 Å². The first-order chi connectivity index (χ1) is 9.85. The first-order valence-electron chi connectivity index (χ1n) is 7.22. The van der Waals surface area contributed by atoms with Crippen LogP contribution >= 0.6 is 24.2 Å². The fourth-order valence-electron chi connectivity index (χ4n) is 2.66. The second-order valence-electron chi connectivity index (χ2n) is 6.13. The zero-order chi connectivity index (χ0) is 15.5. The van der Waals surface area contributed by atoms with Gasteiger partial charge in [0.15, 0.2) is 0 Å². The van der Waals surface area contributed by atoms with Gasteiger partial charge in [-0.25, -0.2) is 13.1 Å². The summed E-state index contributed by atoms with van der Waals surface area (Å²) in [5.74, 6) is 0.